The van der Waals surface area contributed by atoms with Crippen molar-refractivity contribution in [2.75, 3.05) is 0 Å². The van der Waals surface area contributed by atoms with E-state index in [-0.39, 0.29) is 11.8 Å². The molecule has 3 aliphatic rings. The van der Waals surface area contributed by atoms with E-state index >= 15 is 0 Å². The number of fused-ring (bicyclic) bond motifs is 6. The van der Waals surface area contributed by atoms with Gasteiger partial charge < -0.3 is 14.9 Å². The number of nitrogens with zero attached hydrogens (tertiary/aromatic N) is 2. The number of rotatable bonds is 1. The van der Waals surface area contributed by atoms with E-state index < -0.39 is 11.2 Å². The van der Waals surface area contributed by atoms with Crippen molar-refractivity contribution in [3.63, 3.8) is 0 Å². The highest BCUT2D eigenvalue weighted by atomic mass is 16.5. The number of hydrogen-bond donors (Lipinski definition) is 2. The van der Waals surface area contributed by atoms with Gasteiger partial charge in [-0.1, -0.05) is 0 Å². The Bertz CT molecular complexity index is 945. The summed E-state index contributed by atoms with van der Waals surface area (Å²) in [5.41, 5.74) is 3.91. The predicted molar refractivity (Wildman–Crippen MR) is 90.9 cm³/mol. The van der Waals surface area contributed by atoms with Gasteiger partial charge in [-0.3, -0.25) is 4.57 Å². The summed E-state index contributed by atoms with van der Waals surface area (Å²) in [6.07, 6.45) is 4.38. The predicted octanol–water partition coefficient (Wildman–Crippen LogP) is 3.50. The smallest absolute Gasteiger partial charge is 0.205 e. The summed E-state index contributed by atoms with van der Waals surface area (Å²) in [5.74, 6) is 0.134. The lowest BCUT2D eigenvalue weighted by Crippen LogP contribution is -2.17. The first-order valence-electron chi connectivity index (χ1n) is 8.82. The summed E-state index contributed by atoms with van der Waals surface area (Å²) in [7, 11) is 0. The van der Waals surface area contributed by atoms with E-state index in [4.69, 9.17) is 4.74 Å². The number of ether oxygens (including phenoxy) is 1. The van der Waals surface area contributed by atoms with Crippen LogP contribution in [0.3, 0.4) is 0 Å². The molecule has 2 atom stereocenters. The maximum absolute atomic E-state index is 11.0. The molecule has 1 saturated heterocycles. The van der Waals surface area contributed by atoms with Gasteiger partial charge in [-0.25, -0.2) is 0 Å². The maximum atomic E-state index is 11.0. The molecule has 0 amide bonds. The SMILES string of the molecule is C[C@]12CC[C@](C)(O1)c1c2c(O)n(-c2ccc(C#N)c3c2CCC3)c1O. The van der Waals surface area contributed by atoms with Crippen LogP contribution < -0.4 is 0 Å². The van der Waals surface area contributed by atoms with E-state index in [1.165, 1.54) is 0 Å². The standard InChI is InChI=1S/C20H20N2O3/c1-19-8-9-20(2,25-19)16-15(19)17(23)22(18(16)24)14-7-6-11(10-21)12-4-3-5-13(12)14/h6-7,23-24H,3-5,8-9H2,1-2H3/t19-,20+. The van der Waals surface area contributed by atoms with Gasteiger partial charge in [0.25, 0.3) is 0 Å². The fraction of sp³-hybridized carbons (Fsp3) is 0.450. The Labute approximate surface area is 146 Å². The highest BCUT2D eigenvalue weighted by Gasteiger charge is 2.59. The highest BCUT2D eigenvalue weighted by Crippen LogP contribution is 2.64. The van der Waals surface area contributed by atoms with Gasteiger partial charge in [0.2, 0.25) is 11.8 Å². The first-order valence-corrected chi connectivity index (χ1v) is 8.82. The summed E-state index contributed by atoms with van der Waals surface area (Å²) >= 11 is 0. The van der Waals surface area contributed by atoms with Crippen molar-refractivity contribution >= 4 is 0 Å². The molecular formula is C20H20N2O3. The molecule has 0 radical (unpaired) electrons. The van der Waals surface area contributed by atoms with E-state index in [0.717, 1.165) is 60.0 Å². The highest BCUT2D eigenvalue weighted by molar-refractivity contribution is 5.64. The maximum Gasteiger partial charge on any atom is 0.205 e. The molecule has 0 unspecified atom stereocenters. The topological polar surface area (TPSA) is 78.4 Å². The van der Waals surface area contributed by atoms with Crippen molar-refractivity contribution in [2.24, 2.45) is 0 Å². The van der Waals surface area contributed by atoms with Gasteiger partial charge in [0.15, 0.2) is 0 Å². The zero-order valence-electron chi connectivity index (χ0n) is 14.4. The average molecular weight is 336 g/mol. The van der Waals surface area contributed by atoms with E-state index in [0.29, 0.717) is 5.56 Å². The normalized spacial score (nSPS) is 28.8. The van der Waals surface area contributed by atoms with Crippen LogP contribution in [0, 0.1) is 11.3 Å². The molecule has 2 aliphatic heterocycles. The van der Waals surface area contributed by atoms with E-state index in [2.05, 4.69) is 6.07 Å². The molecule has 2 N–H and O–H groups in total. The molecular weight excluding hydrogens is 316 g/mol. The Morgan fingerprint density at radius 3 is 2.24 bits per heavy atom. The average Bonchev–Trinajstić information content (AvgIpc) is 3.28. The minimum Gasteiger partial charge on any atom is -0.494 e. The molecule has 3 heterocycles. The second kappa shape index (κ2) is 4.39. The van der Waals surface area contributed by atoms with Gasteiger partial charge in [0.1, 0.15) is 0 Å². The van der Waals surface area contributed by atoms with E-state index in [1.54, 1.807) is 10.6 Å². The third kappa shape index (κ3) is 1.61. The number of hydrogen-bond acceptors (Lipinski definition) is 4. The van der Waals surface area contributed by atoms with Gasteiger partial charge in [-0.05, 0) is 69.2 Å². The second-order valence-corrected chi connectivity index (χ2v) is 7.85. The van der Waals surface area contributed by atoms with Crippen LogP contribution in [0.2, 0.25) is 0 Å². The largest absolute Gasteiger partial charge is 0.494 e. The molecule has 1 aromatic heterocycles. The summed E-state index contributed by atoms with van der Waals surface area (Å²) in [6.45, 7) is 3.97. The zero-order chi connectivity index (χ0) is 17.6. The zero-order valence-corrected chi connectivity index (χ0v) is 14.4. The van der Waals surface area contributed by atoms with Crippen LogP contribution in [0.1, 0.15) is 60.9 Å². The van der Waals surface area contributed by atoms with Gasteiger partial charge in [-0.15, -0.1) is 0 Å². The summed E-state index contributed by atoms with van der Waals surface area (Å²) in [4.78, 5) is 0. The van der Waals surface area contributed by atoms with Crippen LogP contribution in [0.25, 0.3) is 5.69 Å². The molecule has 1 fully saturated rings. The first-order chi connectivity index (χ1) is 11.9. The Morgan fingerprint density at radius 2 is 1.64 bits per heavy atom. The van der Waals surface area contributed by atoms with Crippen LogP contribution in [-0.2, 0) is 28.8 Å². The molecule has 128 valence electrons. The Kier molecular flexibility index (Phi) is 2.61. The van der Waals surface area contributed by atoms with Gasteiger partial charge in [-0.2, -0.15) is 5.26 Å². The van der Waals surface area contributed by atoms with Crippen LogP contribution >= 0.6 is 0 Å². The van der Waals surface area contributed by atoms with E-state index in [9.17, 15) is 15.5 Å². The lowest BCUT2D eigenvalue weighted by atomic mass is 9.80. The third-order valence-corrected chi connectivity index (χ3v) is 6.33. The Hall–Kier alpha value is -2.45. The lowest BCUT2D eigenvalue weighted by Gasteiger charge is -2.21. The number of nitriles is 1. The minimum absolute atomic E-state index is 0.0669. The fourth-order valence-corrected chi connectivity index (χ4v) is 5.21. The van der Waals surface area contributed by atoms with Gasteiger partial charge >= 0.3 is 0 Å². The van der Waals surface area contributed by atoms with Crippen LogP contribution in [0.4, 0.5) is 0 Å². The third-order valence-electron chi connectivity index (χ3n) is 6.33. The molecule has 2 bridgehead atoms. The summed E-state index contributed by atoms with van der Waals surface area (Å²) in [5, 5.41) is 31.3. The van der Waals surface area contributed by atoms with Crippen LogP contribution in [0.5, 0.6) is 11.8 Å². The van der Waals surface area contributed by atoms with Crippen molar-refractivity contribution < 1.29 is 14.9 Å². The molecule has 0 spiro atoms. The molecule has 5 heteroatoms. The van der Waals surface area contributed by atoms with Crippen molar-refractivity contribution in [2.45, 2.75) is 57.2 Å². The summed E-state index contributed by atoms with van der Waals surface area (Å²) < 4.78 is 7.72. The number of benzene rings is 1. The first kappa shape index (κ1) is 14.9. The number of aromatic hydroxyl groups is 2. The lowest BCUT2D eigenvalue weighted by molar-refractivity contribution is -0.0683. The molecule has 1 aliphatic carbocycles. The summed E-state index contributed by atoms with van der Waals surface area (Å²) in [6, 6.07) is 5.88. The van der Waals surface area contributed by atoms with Crippen LogP contribution in [-0.4, -0.2) is 14.8 Å². The molecule has 5 rings (SSSR count). The van der Waals surface area contributed by atoms with Gasteiger partial charge in [0, 0.05) is 0 Å². The monoisotopic (exact) mass is 336 g/mol. The second-order valence-electron chi connectivity index (χ2n) is 7.85. The number of aromatic nitrogens is 1. The quantitative estimate of drug-likeness (QED) is 0.835. The fourth-order valence-electron chi connectivity index (χ4n) is 5.21. The van der Waals surface area contributed by atoms with Crippen LogP contribution in [0.15, 0.2) is 12.1 Å². The molecule has 25 heavy (non-hydrogen) atoms. The molecule has 5 nitrogen and oxygen atoms in total. The van der Waals surface area contributed by atoms with Crippen molar-refractivity contribution in [1.29, 1.82) is 5.26 Å². The van der Waals surface area contributed by atoms with Crippen molar-refractivity contribution in [3.05, 3.63) is 39.9 Å². The minimum atomic E-state index is -0.549. The van der Waals surface area contributed by atoms with Gasteiger partial charge in [0.05, 0.1) is 39.6 Å². The molecule has 2 aromatic rings. The molecule has 1 aromatic carbocycles. The Morgan fingerprint density at radius 1 is 1.04 bits per heavy atom. The van der Waals surface area contributed by atoms with Crippen molar-refractivity contribution in [1.82, 2.24) is 4.57 Å². The Balaban J connectivity index is 1.80. The van der Waals surface area contributed by atoms with E-state index in [1.807, 2.05) is 19.9 Å². The molecule has 0 saturated carbocycles. The van der Waals surface area contributed by atoms with Crippen molar-refractivity contribution in [3.8, 4) is 23.5 Å².